The van der Waals surface area contributed by atoms with Crippen LogP contribution in [0.1, 0.15) is 18.1 Å². The van der Waals surface area contributed by atoms with Crippen LogP contribution in [0.2, 0.25) is 0 Å². The Kier molecular flexibility index (Phi) is 5.53. The third-order valence-electron chi connectivity index (χ3n) is 3.38. The van der Waals surface area contributed by atoms with Crippen molar-refractivity contribution >= 4 is 21.4 Å². The van der Waals surface area contributed by atoms with Gasteiger partial charge in [-0.25, -0.2) is 8.42 Å². The Labute approximate surface area is 140 Å². The quantitative estimate of drug-likeness (QED) is 0.610. The van der Waals surface area contributed by atoms with E-state index in [1.807, 2.05) is 6.92 Å². The summed E-state index contributed by atoms with van der Waals surface area (Å²) in [6.45, 7) is 4.09. The lowest BCUT2D eigenvalue weighted by Crippen LogP contribution is -2.17. The second-order valence-electron chi connectivity index (χ2n) is 5.08. The summed E-state index contributed by atoms with van der Waals surface area (Å²) in [5.41, 5.74) is 0.839. The van der Waals surface area contributed by atoms with Crippen molar-refractivity contribution in [1.29, 1.82) is 0 Å². The summed E-state index contributed by atoms with van der Waals surface area (Å²) in [5, 5.41) is 11.2. The number of nitrogens with one attached hydrogen (secondary N) is 1. The zero-order valence-corrected chi connectivity index (χ0v) is 14.2. The van der Waals surface area contributed by atoms with E-state index in [-0.39, 0.29) is 11.5 Å². The first kappa shape index (κ1) is 17.9. The van der Waals surface area contributed by atoms with Gasteiger partial charge in [0.25, 0.3) is 15.7 Å². The molecule has 0 spiro atoms. The molecule has 0 unspecified atom stereocenters. The SMILES string of the molecule is CCOCc1ccccc1NS(=O)(=O)c1c(C)cccc1[N+](=O)[O-]. The number of rotatable bonds is 7. The fraction of sp³-hybridized carbons (Fsp3) is 0.250. The molecule has 2 aromatic carbocycles. The van der Waals surface area contributed by atoms with E-state index in [0.29, 0.717) is 23.4 Å². The highest BCUT2D eigenvalue weighted by Gasteiger charge is 2.28. The van der Waals surface area contributed by atoms with Crippen molar-refractivity contribution in [3.8, 4) is 0 Å². The van der Waals surface area contributed by atoms with Crippen LogP contribution in [-0.2, 0) is 21.4 Å². The lowest BCUT2D eigenvalue weighted by Gasteiger charge is -2.14. The van der Waals surface area contributed by atoms with Crippen molar-refractivity contribution in [3.05, 3.63) is 63.7 Å². The largest absolute Gasteiger partial charge is 0.377 e. The van der Waals surface area contributed by atoms with Gasteiger partial charge in [0.15, 0.2) is 4.90 Å². The normalized spacial score (nSPS) is 11.2. The highest BCUT2D eigenvalue weighted by molar-refractivity contribution is 7.93. The number of nitrogens with zero attached hydrogens (tertiary/aromatic N) is 1. The number of ether oxygens (including phenoxy) is 1. The predicted molar refractivity (Wildman–Crippen MR) is 90.4 cm³/mol. The number of sulfonamides is 1. The number of aryl methyl sites for hydroxylation is 1. The Balaban J connectivity index is 2.46. The first-order valence-corrected chi connectivity index (χ1v) is 8.77. The molecular weight excluding hydrogens is 332 g/mol. The molecule has 0 saturated carbocycles. The first-order chi connectivity index (χ1) is 11.4. The maximum atomic E-state index is 12.7. The van der Waals surface area contributed by atoms with Crippen molar-refractivity contribution in [2.24, 2.45) is 0 Å². The number of nitro benzene ring substituents is 1. The first-order valence-electron chi connectivity index (χ1n) is 7.29. The number of nitro groups is 1. The van der Waals surface area contributed by atoms with Gasteiger partial charge in [0.1, 0.15) is 0 Å². The third kappa shape index (κ3) is 3.90. The molecule has 0 aliphatic rings. The van der Waals surface area contributed by atoms with Crippen molar-refractivity contribution in [3.63, 3.8) is 0 Å². The number of hydrogen-bond acceptors (Lipinski definition) is 5. The lowest BCUT2D eigenvalue weighted by atomic mass is 10.2. The molecule has 0 fully saturated rings. The van der Waals surface area contributed by atoms with Crippen LogP contribution in [0.15, 0.2) is 47.4 Å². The zero-order chi connectivity index (χ0) is 17.7. The monoisotopic (exact) mass is 350 g/mol. The van der Waals surface area contributed by atoms with Crippen LogP contribution >= 0.6 is 0 Å². The minimum Gasteiger partial charge on any atom is -0.377 e. The van der Waals surface area contributed by atoms with Gasteiger partial charge in [-0.1, -0.05) is 30.3 Å². The number of para-hydroxylation sites is 1. The molecule has 128 valence electrons. The molecule has 0 bridgehead atoms. The molecule has 2 rings (SSSR count). The van der Waals surface area contributed by atoms with Gasteiger partial charge in [-0.05, 0) is 25.5 Å². The molecule has 0 amide bonds. The Morgan fingerprint density at radius 3 is 2.54 bits per heavy atom. The van der Waals surface area contributed by atoms with E-state index >= 15 is 0 Å². The Hall–Kier alpha value is -2.45. The topological polar surface area (TPSA) is 98.5 Å². The van der Waals surface area contributed by atoms with Gasteiger partial charge in [-0.3, -0.25) is 14.8 Å². The summed E-state index contributed by atoms with van der Waals surface area (Å²) in [6, 6.07) is 10.9. The van der Waals surface area contributed by atoms with Crippen LogP contribution in [0, 0.1) is 17.0 Å². The van der Waals surface area contributed by atoms with Gasteiger partial charge in [-0.15, -0.1) is 0 Å². The Morgan fingerprint density at radius 1 is 1.17 bits per heavy atom. The molecule has 0 aliphatic heterocycles. The van der Waals surface area contributed by atoms with Gasteiger partial charge in [0.2, 0.25) is 0 Å². The van der Waals surface area contributed by atoms with Crippen LogP contribution in [-0.4, -0.2) is 19.9 Å². The standard InChI is InChI=1S/C16H18N2O5S/c1-3-23-11-13-8-4-5-9-14(13)17-24(21,22)16-12(2)7-6-10-15(16)18(19)20/h4-10,17H,3,11H2,1-2H3. The van der Waals surface area contributed by atoms with Crippen LogP contribution < -0.4 is 4.72 Å². The highest BCUT2D eigenvalue weighted by atomic mass is 32.2. The second-order valence-corrected chi connectivity index (χ2v) is 6.70. The average Bonchev–Trinajstić information content (AvgIpc) is 2.53. The van der Waals surface area contributed by atoms with Crippen molar-refractivity contribution in [2.75, 3.05) is 11.3 Å². The second kappa shape index (κ2) is 7.41. The number of hydrogen-bond donors (Lipinski definition) is 1. The molecule has 0 aromatic heterocycles. The number of anilines is 1. The highest BCUT2D eigenvalue weighted by Crippen LogP contribution is 2.29. The smallest absolute Gasteiger partial charge is 0.290 e. The third-order valence-corrected chi connectivity index (χ3v) is 4.94. The fourth-order valence-corrected chi connectivity index (χ4v) is 3.78. The van der Waals surface area contributed by atoms with Gasteiger partial charge in [0, 0.05) is 18.2 Å². The van der Waals surface area contributed by atoms with Gasteiger partial charge in [-0.2, -0.15) is 0 Å². The lowest BCUT2D eigenvalue weighted by molar-refractivity contribution is -0.387. The van der Waals surface area contributed by atoms with Gasteiger partial charge >= 0.3 is 0 Å². The van der Waals surface area contributed by atoms with E-state index < -0.39 is 20.6 Å². The van der Waals surface area contributed by atoms with Crippen molar-refractivity contribution < 1.29 is 18.1 Å². The van der Waals surface area contributed by atoms with E-state index in [1.54, 1.807) is 24.3 Å². The molecule has 0 saturated heterocycles. The maximum Gasteiger partial charge on any atom is 0.290 e. The van der Waals surface area contributed by atoms with Crippen molar-refractivity contribution in [1.82, 2.24) is 0 Å². The summed E-state index contributed by atoms with van der Waals surface area (Å²) in [4.78, 5) is 10.1. The zero-order valence-electron chi connectivity index (χ0n) is 13.4. The average molecular weight is 350 g/mol. The minimum absolute atomic E-state index is 0.241. The number of benzene rings is 2. The maximum absolute atomic E-state index is 12.7. The van der Waals surface area contributed by atoms with Gasteiger partial charge in [0.05, 0.1) is 17.2 Å². The van der Waals surface area contributed by atoms with E-state index in [4.69, 9.17) is 4.74 Å². The van der Waals surface area contributed by atoms with Gasteiger partial charge < -0.3 is 4.74 Å². The molecule has 2 aromatic rings. The summed E-state index contributed by atoms with van der Waals surface area (Å²) < 4.78 is 33.2. The summed E-state index contributed by atoms with van der Waals surface area (Å²) in [6.07, 6.45) is 0. The molecule has 0 radical (unpaired) electrons. The molecule has 24 heavy (non-hydrogen) atoms. The summed E-state index contributed by atoms with van der Waals surface area (Å²) in [7, 11) is -4.11. The molecule has 0 heterocycles. The molecule has 1 N–H and O–H groups in total. The van der Waals surface area contributed by atoms with E-state index in [1.165, 1.54) is 25.1 Å². The molecule has 7 nitrogen and oxygen atoms in total. The Bertz CT molecular complexity index is 849. The van der Waals surface area contributed by atoms with Crippen LogP contribution in [0.4, 0.5) is 11.4 Å². The van der Waals surface area contributed by atoms with E-state index in [9.17, 15) is 18.5 Å². The molecule has 8 heteroatoms. The molecule has 0 aliphatic carbocycles. The molecule has 0 atom stereocenters. The van der Waals surface area contributed by atoms with E-state index in [2.05, 4.69) is 4.72 Å². The molecular formula is C16H18N2O5S. The van der Waals surface area contributed by atoms with Crippen LogP contribution in [0.3, 0.4) is 0 Å². The van der Waals surface area contributed by atoms with Crippen molar-refractivity contribution in [2.45, 2.75) is 25.3 Å². The van der Waals surface area contributed by atoms with Crippen LogP contribution in [0.25, 0.3) is 0 Å². The van der Waals surface area contributed by atoms with Crippen LogP contribution in [0.5, 0.6) is 0 Å². The predicted octanol–water partition coefficient (Wildman–Crippen LogP) is 3.24. The van der Waals surface area contributed by atoms with E-state index in [0.717, 1.165) is 0 Å². The Morgan fingerprint density at radius 2 is 1.88 bits per heavy atom. The fourth-order valence-electron chi connectivity index (χ4n) is 2.28. The minimum atomic E-state index is -4.11. The summed E-state index contributed by atoms with van der Waals surface area (Å²) >= 11 is 0. The summed E-state index contributed by atoms with van der Waals surface area (Å²) in [5.74, 6) is 0.